The molecule has 0 heterocycles. The average molecular weight is 517 g/mol. The minimum Gasteiger partial charge on any atom is -0.352 e. The Morgan fingerprint density at radius 2 is 0.694 bits per heavy atom. The highest BCUT2D eigenvalue weighted by Gasteiger charge is 2.25. The molecule has 0 saturated heterocycles. The van der Waals surface area contributed by atoms with Gasteiger partial charge >= 0.3 is 0 Å². The van der Waals surface area contributed by atoms with E-state index in [0.29, 0.717) is 24.3 Å². The molecule has 0 radical (unpaired) electrons. The zero-order chi connectivity index (χ0) is 28.1. The van der Waals surface area contributed by atoms with Crippen molar-refractivity contribution < 1.29 is 26.3 Å². The van der Waals surface area contributed by atoms with Crippen LogP contribution in [0.2, 0.25) is 0 Å². The lowest BCUT2D eigenvalue weighted by Gasteiger charge is -2.33. The molecule has 0 atom stereocenters. The Morgan fingerprint density at radius 1 is 0.500 bits per heavy atom. The predicted molar refractivity (Wildman–Crippen MR) is 131 cm³/mol. The Labute approximate surface area is 208 Å². The van der Waals surface area contributed by atoms with Crippen LogP contribution in [0, 0.1) is 45.7 Å². The third kappa shape index (κ3) is 7.48. The lowest BCUT2D eigenvalue weighted by molar-refractivity contribution is 0.289. The van der Waals surface area contributed by atoms with E-state index in [2.05, 4.69) is 0 Å². The molecule has 0 aliphatic carbocycles. The van der Waals surface area contributed by atoms with Gasteiger partial charge in [-0.15, -0.1) is 0 Å². The van der Waals surface area contributed by atoms with Gasteiger partial charge in [0.2, 0.25) is 0 Å². The first-order valence-electron chi connectivity index (χ1n) is 11.5. The summed E-state index contributed by atoms with van der Waals surface area (Å²) in [6.07, 6.45) is 0. The Hall–Kier alpha value is -3.04. The Balaban J connectivity index is 0.000000360. The molecule has 2 aromatic rings. The smallest absolute Gasteiger partial charge is 0.140 e. The summed E-state index contributed by atoms with van der Waals surface area (Å²) in [6, 6.07) is 2.03. The number of hydrogen-bond acceptors (Lipinski definition) is 2. The van der Waals surface area contributed by atoms with Crippen molar-refractivity contribution in [1.82, 2.24) is 9.80 Å². The van der Waals surface area contributed by atoms with Gasteiger partial charge in [-0.05, 0) is 55.4 Å². The van der Waals surface area contributed by atoms with Gasteiger partial charge in [-0.1, -0.05) is 0 Å². The van der Waals surface area contributed by atoms with E-state index < -0.39 is 46.0 Å². The Morgan fingerprint density at radius 3 is 0.861 bits per heavy atom. The standard InChI is InChI=1S/2C13H17F3N2/c2*1-7(2)18(8(3)4)13(17)12-10(15)5-9(14)6-11(12)16/h2*5-8,17H,1-4H3. The first-order chi connectivity index (χ1) is 16.5. The Bertz CT molecular complexity index is 935. The van der Waals surface area contributed by atoms with Gasteiger partial charge in [-0.2, -0.15) is 0 Å². The van der Waals surface area contributed by atoms with Crippen LogP contribution in [0.15, 0.2) is 24.3 Å². The zero-order valence-corrected chi connectivity index (χ0v) is 21.8. The van der Waals surface area contributed by atoms with E-state index in [1.807, 2.05) is 55.4 Å². The van der Waals surface area contributed by atoms with E-state index in [-0.39, 0.29) is 35.8 Å². The van der Waals surface area contributed by atoms with Gasteiger partial charge in [0.1, 0.15) is 46.6 Å². The highest BCUT2D eigenvalue weighted by Crippen LogP contribution is 2.21. The molecule has 10 heteroatoms. The molecule has 2 aromatic carbocycles. The number of rotatable bonds is 6. The van der Waals surface area contributed by atoms with E-state index in [1.54, 1.807) is 9.80 Å². The summed E-state index contributed by atoms with van der Waals surface area (Å²) in [5, 5.41) is 15.8. The molecular weight excluding hydrogens is 482 g/mol. The summed E-state index contributed by atoms with van der Waals surface area (Å²) in [4.78, 5) is 3.14. The zero-order valence-electron chi connectivity index (χ0n) is 21.8. The molecule has 0 aliphatic heterocycles. The molecule has 0 fully saturated rings. The molecule has 4 nitrogen and oxygen atoms in total. The average Bonchev–Trinajstić information content (AvgIpc) is 2.65. The molecule has 2 N–H and O–H groups in total. The molecular formula is C26H34F6N4. The summed E-state index contributed by atoms with van der Waals surface area (Å²) in [6.45, 7) is 14.6. The minimum atomic E-state index is -1.05. The van der Waals surface area contributed by atoms with Crippen molar-refractivity contribution in [3.63, 3.8) is 0 Å². The number of hydrogen-bond donors (Lipinski definition) is 2. The summed E-state index contributed by atoms with van der Waals surface area (Å²) in [5.41, 5.74) is -0.974. The van der Waals surface area contributed by atoms with Crippen LogP contribution in [-0.2, 0) is 0 Å². The van der Waals surface area contributed by atoms with Crippen LogP contribution >= 0.6 is 0 Å². The van der Waals surface area contributed by atoms with Gasteiger partial charge < -0.3 is 9.80 Å². The number of benzene rings is 2. The maximum atomic E-state index is 13.6. The van der Waals surface area contributed by atoms with E-state index in [1.165, 1.54) is 0 Å². The maximum absolute atomic E-state index is 13.6. The quantitative estimate of drug-likeness (QED) is 0.245. The summed E-state index contributed by atoms with van der Waals surface area (Å²) >= 11 is 0. The van der Waals surface area contributed by atoms with Crippen molar-refractivity contribution in [3.8, 4) is 0 Å². The van der Waals surface area contributed by atoms with Crippen LogP contribution in [0.3, 0.4) is 0 Å². The second-order valence-electron chi connectivity index (χ2n) is 9.38. The van der Waals surface area contributed by atoms with Crippen LogP contribution in [-0.4, -0.2) is 45.6 Å². The van der Waals surface area contributed by atoms with Gasteiger partial charge in [0, 0.05) is 48.4 Å². The number of amidine groups is 2. The second-order valence-corrected chi connectivity index (χ2v) is 9.38. The molecule has 36 heavy (non-hydrogen) atoms. The molecule has 0 aromatic heterocycles. The van der Waals surface area contributed by atoms with Crippen LogP contribution in [0.25, 0.3) is 0 Å². The summed E-state index contributed by atoms with van der Waals surface area (Å²) < 4.78 is 80.1. The van der Waals surface area contributed by atoms with Crippen molar-refractivity contribution in [2.45, 2.75) is 79.6 Å². The molecule has 0 amide bonds. The van der Waals surface area contributed by atoms with Gasteiger partial charge in [-0.3, -0.25) is 10.8 Å². The Kier molecular flexibility index (Phi) is 11.0. The summed E-state index contributed by atoms with van der Waals surface area (Å²) in [5.74, 6) is -6.71. The molecule has 2 rings (SSSR count). The first-order valence-corrected chi connectivity index (χ1v) is 11.5. The van der Waals surface area contributed by atoms with E-state index >= 15 is 0 Å². The van der Waals surface area contributed by atoms with Crippen molar-refractivity contribution in [3.05, 3.63) is 70.3 Å². The van der Waals surface area contributed by atoms with Gasteiger partial charge in [0.05, 0.1) is 11.1 Å². The third-order valence-electron chi connectivity index (χ3n) is 5.23. The van der Waals surface area contributed by atoms with Crippen molar-refractivity contribution in [2.24, 2.45) is 0 Å². The first kappa shape index (κ1) is 31.0. The highest BCUT2D eigenvalue weighted by atomic mass is 19.2. The lowest BCUT2D eigenvalue weighted by Crippen LogP contribution is -2.42. The molecule has 0 bridgehead atoms. The van der Waals surface area contributed by atoms with Gasteiger partial charge in [0.25, 0.3) is 0 Å². The number of nitrogens with one attached hydrogen (secondary N) is 2. The SMILES string of the molecule is CC(C)N(C(=N)c1c(F)cc(F)cc1F)C(C)C.CC(C)N(C(=N)c1c(F)cc(F)cc1F)C(C)C. The molecule has 200 valence electrons. The topological polar surface area (TPSA) is 54.2 Å². The normalized spacial score (nSPS) is 11.2. The largest absolute Gasteiger partial charge is 0.352 e. The van der Waals surface area contributed by atoms with E-state index in [0.717, 1.165) is 0 Å². The van der Waals surface area contributed by atoms with Crippen LogP contribution in [0.4, 0.5) is 26.3 Å². The van der Waals surface area contributed by atoms with Crippen LogP contribution in [0.1, 0.15) is 66.5 Å². The fourth-order valence-electron chi connectivity index (χ4n) is 4.02. The highest BCUT2D eigenvalue weighted by molar-refractivity contribution is 5.97. The fraction of sp³-hybridized carbons (Fsp3) is 0.462. The molecule has 0 unspecified atom stereocenters. The van der Waals surface area contributed by atoms with Crippen molar-refractivity contribution >= 4 is 11.7 Å². The number of nitrogens with zero attached hydrogens (tertiary/aromatic N) is 2. The van der Waals surface area contributed by atoms with Crippen LogP contribution < -0.4 is 0 Å². The molecule has 0 aliphatic rings. The van der Waals surface area contributed by atoms with Gasteiger partial charge in [0.15, 0.2) is 0 Å². The van der Waals surface area contributed by atoms with Crippen molar-refractivity contribution in [1.29, 1.82) is 10.8 Å². The number of halogens is 6. The van der Waals surface area contributed by atoms with E-state index in [9.17, 15) is 26.3 Å². The molecule has 0 spiro atoms. The van der Waals surface area contributed by atoms with Crippen molar-refractivity contribution in [2.75, 3.05) is 0 Å². The second kappa shape index (κ2) is 12.8. The fourth-order valence-corrected chi connectivity index (χ4v) is 4.02. The van der Waals surface area contributed by atoms with E-state index in [4.69, 9.17) is 10.8 Å². The third-order valence-corrected chi connectivity index (χ3v) is 5.23. The monoisotopic (exact) mass is 516 g/mol. The molecule has 0 saturated carbocycles. The summed E-state index contributed by atoms with van der Waals surface area (Å²) in [7, 11) is 0. The van der Waals surface area contributed by atoms with Gasteiger partial charge in [-0.25, -0.2) is 26.3 Å². The lowest BCUT2D eigenvalue weighted by atomic mass is 10.1. The maximum Gasteiger partial charge on any atom is 0.140 e. The predicted octanol–water partition coefficient (Wildman–Crippen LogP) is 7.10. The minimum absolute atomic E-state index is 0.0821. The van der Waals surface area contributed by atoms with Crippen LogP contribution in [0.5, 0.6) is 0 Å².